The van der Waals surface area contributed by atoms with Gasteiger partial charge in [-0.2, -0.15) is 0 Å². The highest BCUT2D eigenvalue weighted by Gasteiger charge is 2.08. The third-order valence-electron chi connectivity index (χ3n) is 3.03. The van der Waals surface area contributed by atoms with Crippen LogP contribution in [0.3, 0.4) is 0 Å². The van der Waals surface area contributed by atoms with E-state index in [1.54, 1.807) is 12.3 Å². The molecule has 0 radical (unpaired) electrons. The Bertz CT molecular complexity index is 749. The van der Waals surface area contributed by atoms with Crippen LogP contribution in [0.25, 0.3) is 5.52 Å². The Morgan fingerprint density at radius 3 is 2.84 bits per heavy atom. The average molecular weight is 315 g/mol. The lowest BCUT2D eigenvalue weighted by atomic mass is 10.1. The van der Waals surface area contributed by atoms with Gasteiger partial charge in [-0.25, -0.2) is 4.98 Å². The lowest BCUT2D eigenvalue weighted by molar-refractivity contribution is 0.111. The number of hydrogen-bond donors (Lipinski definition) is 0. The summed E-state index contributed by atoms with van der Waals surface area (Å²) in [6, 6.07) is 13.7. The molecule has 0 bridgehead atoms. The van der Waals surface area contributed by atoms with Crippen molar-refractivity contribution in [2.45, 2.75) is 6.42 Å². The third kappa shape index (κ3) is 2.31. The number of benzene rings is 1. The molecule has 4 heteroatoms. The van der Waals surface area contributed by atoms with E-state index in [4.69, 9.17) is 0 Å². The van der Waals surface area contributed by atoms with E-state index in [0.29, 0.717) is 12.1 Å². The van der Waals surface area contributed by atoms with Gasteiger partial charge in [-0.15, -0.1) is 0 Å². The van der Waals surface area contributed by atoms with Crippen molar-refractivity contribution in [3.63, 3.8) is 0 Å². The molecule has 0 amide bonds. The van der Waals surface area contributed by atoms with Gasteiger partial charge in [0.05, 0.1) is 17.4 Å². The van der Waals surface area contributed by atoms with Crippen LogP contribution < -0.4 is 0 Å². The Kier molecular flexibility index (Phi) is 3.17. The molecular formula is C15H11BrN2O. The monoisotopic (exact) mass is 314 g/mol. The molecule has 1 aromatic carbocycles. The molecule has 2 aromatic heterocycles. The van der Waals surface area contributed by atoms with Crippen molar-refractivity contribution in [1.82, 2.24) is 9.38 Å². The molecule has 94 valence electrons. The van der Waals surface area contributed by atoms with Gasteiger partial charge < -0.3 is 0 Å². The summed E-state index contributed by atoms with van der Waals surface area (Å²) in [6.45, 7) is 0. The lowest BCUT2D eigenvalue weighted by Crippen LogP contribution is -2.01. The highest BCUT2D eigenvalue weighted by atomic mass is 79.9. The number of carbonyl (C=O) groups is 1. The molecule has 0 aliphatic heterocycles. The SMILES string of the molecule is O=Cc1cccc2cnc(Cc3cccc(Br)c3)n12. The van der Waals surface area contributed by atoms with Gasteiger partial charge in [0.1, 0.15) is 5.82 Å². The molecule has 0 unspecified atom stereocenters. The number of carbonyl (C=O) groups excluding carboxylic acids is 1. The second-order valence-electron chi connectivity index (χ2n) is 4.31. The molecule has 0 fully saturated rings. The number of aromatic nitrogens is 2. The van der Waals surface area contributed by atoms with Crippen LogP contribution in [-0.2, 0) is 6.42 Å². The van der Waals surface area contributed by atoms with Gasteiger partial charge in [0, 0.05) is 10.9 Å². The summed E-state index contributed by atoms with van der Waals surface area (Å²) in [6.07, 6.45) is 3.35. The third-order valence-corrected chi connectivity index (χ3v) is 3.52. The molecule has 0 aliphatic carbocycles. The van der Waals surface area contributed by atoms with E-state index in [1.165, 1.54) is 0 Å². The minimum Gasteiger partial charge on any atom is -0.296 e. The van der Waals surface area contributed by atoms with Gasteiger partial charge in [-0.05, 0) is 29.8 Å². The molecule has 3 aromatic rings. The second-order valence-corrected chi connectivity index (χ2v) is 5.23. The van der Waals surface area contributed by atoms with E-state index in [1.807, 2.05) is 28.7 Å². The first kappa shape index (κ1) is 12.1. The van der Waals surface area contributed by atoms with Crippen LogP contribution in [0, 0.1) is 0 Å². The number of nitrogens with zero attached hydrogens (tertiary/aromatic N) is 2. The van der Waals surface area contributed by atoms with Crippen molar-refractivity contribution < 1.29 is 4.79 Å². The molecule has 3 rings (SSSR count). The Labute approximate surface area is 119 Å². The summed E-state index contributed by atoms with van der Waals surface area (Å²) in [4.78, 5) is 15.5. The zero-order valence-electron chi connectivity index (χ0n) is 10.1. The molecule has 2 heterocycles. The van der Waals surface area contributed by atoms with Gasteiger partial charge in [-0.3, -0.25) is 9.20 Å². The number of aldehydes is 1. The van der Waals surface area contributed by atoms with Crippen molar-refractivity contribution in [2.75, 3.05) is 0 Å². The highest BCUT2D eigenvalue weighted by Crippen LogP contribution is 2.17. The van der Waals surface area contributed by atoms with Gasteiger partial charge >= 0.3 is 0 Å². The van der Waals surface area contributed by atoms with E-state index in [0.717, 1.165) is 27.7 Å². The van der Waals surface area contributed by atoms with Crippen LogP contribution >= 0.6 is 15.9 Å². The first-order valence-corrected chi connectivity index (χ1v) is 6.72. The molecule has 0 saturated heterocycles. The van der Waals surface area contributed by atoms with E-state index < -0.39 is 0 Å². The fraction of sp³-hybridized carbons (Fsp3) is 0.0667. The van der Waals surface area contributed by atoms with Gasteiger partial charge in [0.2, 0.25) is 0 Å². The van der Waals surface area contributed by atoms with Gasteiger partial charge in [0.15, 0.2) is 6.29 Å². The van der Waals surface area contributed by atoms with Crippen LogP contribution in [0.1, 0.15) is 21.9 Å². The molecule has 19 heavy (non-hydrogen) atoms. The number of halogens is 1. The van der Waals surface area contributed by atoms with Crippen molar-refractivity contribution >= 4 is 27.7 Å². The summed E-state index contributed by atoms with van der Waals surface area (Å²) >= 11 is 3.46. The smallest absolute Gasteiger partial charge is 0.166 e. The quantitative estimate of drug-likeness (QED) is 0.693. The summed E-state index contributed by atoms with van der Waals surface area (Å²) < 4.78 is 2.94. The zero-order chi connectivity index (χ0) is 13.2. The minimum absolute atomic E-state index is 0.625. The van der Waals surface area contributed by atoms with Crippen LogP contribution in [0.4, 0.5) is 0 Å². The maximum atomic E-state index is 11.1. The van der Waals surface area contributed by atoms with E-state index in [-0.39, 0.29) is 0 Å². The fourth-order valence-electron chi connectivity index (χ4n) is 2.19. The largest absolute Gasteiger partial charge is 0.296 e. The minimum atomic E-state index is 0.625. The summed E-state index contributed by atoms with van der Waals surface area (Å²) in [5, 5.41) is 0. The highest BCUT2D eigenvalue weighted by molar-refractivity contribution is 9.10. The van der Waals surface area contributed by atoms with Gasteiger partial charge in [0.25, 0.3) is 0 Å². The maximum Gasteiger partial charge on any atom is 0.166 e. The molecule has 0 N–H and O–H groups in total. The molecule has 3 nitrogen and oxygen atoms in total. The predicted molar refractivity (Wildman–Crippen MR) is 77.5 cm³/mol. The topological polar surface area (TPSA) is 34.4 Å². The van der Waals surface area contributed by atoms with Crippen LogP contribution in [0.2, 0.25) is 0 Å². The van der Waals surface area contributed by atoms with Crippen LogP contribution in [-0.4, -0.2) is 15.7 Å². The zero-order valence-corrected chi connectivity index (χ0v) is 11.7. The van der Waals surface area contributed by atoms with Crippen LogP contribution in [0.15, 0.2) is 53.1 Å². The Morgan fingerprint density at radius 2 is 2.05 bits per heavy atom. The summed E-state index contributed by atoms with van der Waals surface area (Å²) in [7, 11) is 0. The Balaban J connectivity index is 2.08. The first-order valence-electron chi connectivity index (χ1n) is 5.93. The van der Waals surface area contributed by atoms with E-state index in [9.17, 15) is 4.79 Å². The fourth-order valence-corrected chi connectivity index (χ4v) is 2.63. The Morgan fingerprint density at radius 1 is 1.21 bits per heavy atom. The number of imidazole rings is 1. The maximum absolute atomic E-state index is 11.1. The Hall–Kier alpha value is -1.94. The van der Waals surface area contributed by atoms with Crippen molar-refractivity contribution in [2.24, 2.45) is 0 Å². The molecule has 0 aliphatic rings. The standard InChI is InChI=1S/C15H11BrN2O/c16-12-4-1-3-11(7-12)8-15-17-9-13-5-2-6-14(10-19)18(13)15/h1-7,9-10H,8H2. The van der Waals surface area contributed by atoms with Crippen LogP contribution in [0.5, 0.6) is 0 Å². The first-order chi connectivity index (χ1) is 9.28. The van der Waals surface area contributed by atoms with Gasteiger partial charge in [-0.1, -0.05) is 34.1 Å². The van der Waals surface area contributed by atoms with Crippen molar-refractivity contribution in [3.8, 4) is 0 Å². The number of fused-ring (bicyclic) bond motifs is 1. The predicted octanol–water partition coefficient (Wildman–Crippen LogP) is 3.50. The van der Waals surface area contributed by atoms with E-state index >= 15 is 0 Å². The normalized spacial score (nSPS) is 10.8. The molecule has 0 saturated carbocycles. The number of hydrogen-bond acceptors (Lipinski definition) is 2. The molecule has 0 atom stereocenters. The summed E-state index contributed by atoms with van der Waals surface area (Å²) in [5.74, 6) is 0.871. The van der Waals surface area contributed by atoms with Crippen molar-refractivity contribution in [1.29, 1.82) is 0 Å². The average Bonchev–Trinajstić information content (AvgIpc) is 2.82. The number of pyridine rings is 1. The van der Waals surface area contributed by atoms with Crippen molar-refractivity contribution in [3.05, 3.63) is 70.2 Å². The lowest BCUT2D eigenvalue weighted by Gasteiger charge is -2.05. The molecular weight excluding hydrogens is 304 g/mol. The number of rotatable bonds is 3. The molecule has 0 spiro atoms. The van der Waals surface area contributed by atoms with E-state index in [2.05, 4.69) is 33.0 Å². The second kappa shape index (κ2) is 4.97. The summed E-state index contributed by atoms with van der Waals surface area (Å²) in [5.41, 5.74) is 2.72.